The highest BCUT2D eigenvalue weighted by molar-refractivity contribution is 8.01. The number of ether oxygens (including phenoxy) is 1. The molecule has 4 aromatic rings. The molecule has 0 N–H and O–H groups in total. The number of rotatable bonds is 10. The maximum atomic E-state index is 5.60. The van der Waals surface area contributed by atoms with Gasteiger partial charge in [0.1, 0.15) is 21.7 Å². The Balaban J connectivity index is 1.12. The predicted molar refractivity (Wildman–Crippen MR) is 134 cm³/mol. The zero-order valence-electron chi connectivity index (χ0n) is 18.9. The minimum absolute atomic E-state index is 0.682. The Morgan fingerprint density at radius 2 is 1.76 bits per heavy atom. The topological polar surface area (TPSA) is 72.2 Å². The molecule has 5 heterocycles. The Morgan fingerprint density at radius 1 is 0.970 bits per heavy atom. The number of fused-ring (bicyclic) bond motifs is 2. The Kier molecular flexibility index (Phi) is 7.47. The van der Waals surface area contributed by atoms with E-state index in [0.717, 1.165) is 89.8 Å². The summed E-state index contributed by atoms with van der Waals surface area (Å²) in [5.74, 6) is 2.13. The first kappa shape index (κ1) is 22.7. The van der Waals surface area contributed by atoms with E-state index in [-0.39, 0.29) is 0 Å². The molecule has 0 aromatic carbocycles. The second-order valence-electron chi connectivity index (χ2n) is 8.00. The number of aromatic nitrogens is 5. The molecular formula is C23H29N7OS2. The van der Waals surface area contributed by atoms with Gasteiger partial charge in [-0.2, -0.15) is 0 Å². The SMILES string of the molecule is CCOCCn1c(CN2CCN(CCSc3nc4cccnc4s3)CC2)nc2cccnc21. The fourth-order valence-corrected chi connectivity index (χ4v) is 6.16. The van der Waals surface area contributed by atoms with Gasteiger partial charge in [-0.25, -0.2) is 19.9 Å². The zero-order valence-corrected chi connectivity index (χ0v) is 20.5. The number of thiazole rings is 1. The molecule has 174 valence electrons. The second kappa shape index (κ2) is 10.9. The number of nitrogens with zero attached hydrogens (tertiary/aromatic N) is 7. The van der Waals surface area contributed by atoms with Crippen LogP contribution in [0.5, 0.6) is 0 Å². The van der Waals surface area contributed by atoms with Crippen LogP contribution in [0.25, 0.3) is 21.5 Å². The number of thioether (sulfide) groups is 1. The molecule has 1 fully saturated rings. The number of pyridine rings is 2. The third-order valence-corrected chi connectivity index (χ3v) is 7.96. The molecule has 8 nitrogen and oxygen atoms in total. The van der Waals surface area contributed by atoms with Gasteiger partial charge < -0.3 is 9.30 Å². The second-order valence-corrected chi connectivity index (χ2v) is 10.3. The van der Waals surface area contributed by atoms with Gasteiger partial charge in [-0.3, -0.25) is 9.80 Å². The molecular weight excluding hydrogens is 454 g/mol. The number of hydrogen-bond donors (Lipinski definition) is 0. The fraction of sp³-hybridized carbons (Fsp3) is 0.478. The Bertz CT molecular complexity index is 1150. The van der Waals surface area contributed by atoms with Gasteiger partial charge in [0.25, 0.3) is 0 Å². The van der Waals surface area contributed by atoms with E-state index in [1.807, 2.05) is 55.3 Å². The van der Waals surface area contributed by atoms with Crippen LogP contribution >= 0.6 is 23.1 Å². The van der Waals surface area contributed by atoms with E-state index in [4.69, 9.17) is 9.72 Å². The van der Waals surface area contributed by atoms with Crippen LogP contribution in [0.15, 0.2) is 41.0 Å². The highest BCUT2D eigenvalue weighted by Gasteiger charge is 2.20. The lowest BCUT2D eigenvalue weighted by Gasteiger charge is -2.34. The van der Waals surface area contributed by atoms with Gasteiger partial charge in [0.15, 0.2) is 9.99 Å². The Morgan fingerprint density at radius 3 is 2.58 bits per heavy atom. The molecule has 0 amide bonds. The van der Waals surface area contributed by atoms with Crippen molar-refractivity contribution in [1.82, 2.24) is 34.3 Å². The van der Waals surface area contributed by atoms with E-state index in [0.29, 0.717) is 6.61 Å². The largest absolute Gasteiger partial charge is 0.380 e. The van der Waals surface area contributed by atoms with Crippen LogP contribution in [0.4, 0.5) is 0 Å². The van der Waals surface area contributed by atoms with Crippen LogP contribution in [0, 0.1) is 0 Å². The summed E-state index contributed by atoms with van der Waals surface area (Å²) in [5, 5.41) is 0. The van der Waals surface area contributed by atoms with E-state index >= 15 is 0 Å². The van der Waals surface area contributed by atoms with Crippen LogP contribution in [-0.2, 0) is 17.8 Å². The summed E-state index contributed by atoms with van der Waals surface area (Å²) >= 11 is 3.52. The van der Waals surface area contributed by atoms with Crippen molar-refractivity contribution < 1.29 is 4.74 Å². The van der Waals surface area contributed by atoms with Crippen molar-refractivity contribution in [2.24, 2.45) is 0 Å². The van der Waals surface area contributed by atoms with Crippen LogP contribution in [0.1, 0.15) is 12.7 Å². The van der Waals surface area contributed by atoms with E-state index in [9.17, 15) is 0 Å². The summed E-state index contributed by atoms with van der Waals surface area (Å²) in [7, 11) is 0. The molecule has 5 rings (SSSR count). The van der Waals surface area contributed by atoms with Crippen molar-refractivity contribution >= 4 is 44.6 Å². The number of hydrogen-bond acceptors (Lipinski definition) is 9. The molecule has 0 bridgehead atoms. The zero-order chi connectivity index (χ0) is 22.5. The maximum Gasteiger partial charge on any atom is 0.160 e. The first-order chi connectivity index (χ1) is 16.3. The third kappa shape index (κ3) is 5.52. The van der Waals surface area contributed by atoms with E-state index in [2.05, 4.69) is 29.3 Å². The molecule has 0 unspecified atom stereocenters. The van der Waals surface area contributed by atoms with Gasteiger partial charge in [-0.15, -0.1) is 0 Å². The summed E-state index contributed by atoms with van der Waals surface area (Å²) in [6.45, 7) is 10.4. The lowest BCUT2D eigenvalue weighted by atomic mass is 10.3. The third-order valence-electron chi connectivity index (χ3n) is 5.86. The van der Waals surface area contributed by atoms with Crippen molar-refractivity contribution in [3.63, 3.8) is 0 Å². The quantitative estimate of drug-likeness (QED) is 0.251. The van der Waals surface area contributed by atoms with Crippen LogP contribution in [0.3, 0.4) is 0 Å². The average molecular weight is 484 g/mol. The standard InChI is InChI=1S/C23H29N7OS2/c1-2-31-15-13-30-20(26-18-5-3-7-24-21(18)30)17-29-11-9-28(10-12-29)14-16-32-23-27-19-6-4-8-25-22(19)33-23/h3-8H,2,9-17H2,1H3. The van der Waals surface area contributed by atoms with E-state index in [1.54, 1.807) is 11.3 Å². The van der Waals surface area contributed by atoms with Gasteiger partial charge in [0.05, 0.1) is 13.2 Å². The van der Waals surface area contributed by atoms with E-state index < -0.39 is 0 Å². The normalized spacial score (nSPS) is 15.7. The molecule has 4 aromatic heterocycles. The first-order valence-corrected chi connectivity index (χ1v) is 13.3. The fourth-order valence-electron chi connectivity index (χ4n) is 4.11. The summed E-state index contributed by atoms with van der Waals surface area (Å²) in [6, 6.07) is 7.97. The predicted octanol–water partition coefficient (Wildman–Crippen LogP) is 3.38. The summed E-state index contributed by atoms with van der Waals surface area (Å²) in [6.07, 6.45) is 3.67. The first-order valence-electron chi connectivity index (χ1n) is 11.5. The monoisotopic (exact) mass is 483 g/mol. The molecule has 1 aliphatic rings. The number of imidazole rings is 1. The van der Waals surface area contributed by atoms with Crippen molar-refractivity contribution in [1.29, 1.82) is 0 Å². The molecule has 33 heavy (non-hydrogen) atoms. The minimum Gasteiger partial charge on any atom is -0.380 e. The highest BCUT2D eigenvalue weighted by atomic mass is 32.2. The smallest absolute Gasteiger partial charge is 0.160 e. The Labute approximate surface area is 202 Å². The summed E-state index contributed by atoms with van der Waals surface area (Å²) in [4.78, 5) is 24.6. The van der Waals surface area contributed by atoms with Crippen LogP contribution in [0.2, 0.25) is 0 Å². The van der Waals surface area contributed by atoms with Crippen molar-refractivity contribution in [3.8, 4) is 0 Å². The van der Waals surface area contributed by atoms with Crippen LogP contribution in [-0.4, -0.2) is 86.0 Å². The van der Waals surface area contributed by atoms with Gasteiger partial charge in [0.2, 0.25) is 0 Å². The molecule has 1 aliphatic heterocycles. The molecule has 1 saturated heterocycles. The van der Waals surface area contributed by atoms with Gasteiger partial charge >= 0.3 is 0 Å². The van der Waals surface area contributed by atoms with E-state index in [1.165, 1.54) is 0 Å². The maximum absolute atomic E-state index is 5.60. The molecule has 10 heteroatoms. The summed E-state index contributed by atoms with van der Waals surface area (Å²) in [5.41, 5.74) is 2.92. The average Bonchev–Trinajstić information content (AvgIpc) is 3.41. The summed E-state index contributed by atoms with van der Waals surface area (Å²) < 4.78 is 8.93. The lowest BCUT2D eigenvalue weighted by Crippen LogP contribution is -2.46. The van der Waals surface area contributed by atoms with Gasteiger partial charge in [-0.05, 0) is 31.2 Å². The Hall–Kier alpha value is -2.11. The molecule has 0 spiro atoms. The number of piperazine rings is 1. The molecule has 0 atom stereocenters. The lowest BCUT2D eigenvalue weighted by molar-refractivity contribution is 0.124. The van der Waals surface area contributed by atoms with Crippen molar-refractivity contribution in [3.05, 3.63) is 42.5 Å². The van der Waals surface area contributed by atoms with Crippen molar-refractivity contribution in [2.45, 2.75) is 24.4 Å². The minimum atomic E-state index is 0.682. The molecule has 0 saturated carbocycles. The molecule has 0 aliphatic carbocycles. The van der Waals surface area contributed by atoms with Crippen LogP contribution < -0.4 is 0 Å². The van der Waals surface area contributed by atoms with Crippen molar-refractivity contribution in [2.75, 3.05) is 51.7 Å². The highest BCUT2D eigenvalue weighted by Crippen LogP contribution is 2.28. The van der Waals surface area contributed by atoms with Gasteiger partial charge in [-0.1, -0.05) is 23.1 Å². The molecule has 0 radical (unpaired) electrons. The van der Waals surface area contributed by atoms with Gasteiger partial charge in [0, 0.05) is 64.0 Å².